The number of aryl methyl sites for hydroxylation is 1. The number of amides is 1. The number of nitrogens with one attached hydrogen (secondary N) is 1. The summed E-state index contributed by atoms with van der Waals surface area (Å²) in [4.78, 5) is 12.5. The lowest BCUT2D eigenvalue weighted by atomic mass is 10.1. The van der Waals surface area contributed by atoms with E-state index in [1.54, 1.807) is 12.3 Å². The van der Waals surface area contributed by atoms with Crippen LogP contribution in [-0.2, 0) is 11.2 Å². The van der Waals surface area contributed by atoms with Gasteiger partial charge in [0, 0.05) is 16.8 Å². The van der Waals surface area contributed by atoms with Gasteiger partial charge in [-0.1, -0.05) is 43.7 Å². The van der Waals surface area contributed by atoms with Gasteiger partial charge in [0.2, 0.25) is 0 Å². The van der Waals surface area contributed by atoms with E-state index in [0.29, 0.717) is 5.57 Å². The van der Waals surface area contributed by atoms with Crippen molar-refractivity contribution in [2.75, 3.05) is 5.32 Å². The van der Waals surface area contributed by atoms with E-state index in [4.69, 9.17) is 4.74 Å². The number of rotatable bonds is 5. The van der Waals surface area contributed by atoms with E-state index in [1.165, 1.54) is 18.4 Å². The molecule has 3 rings (SSSR count). The first-order chi connectivity index (χ1) is 11.8. The summed E-state index contributed by atoms with van der Waals surface area (Å²) in [5.74, 6) is 0.602. The fourth-order valence-corrected chi connectivity index (χ4v) is 2.58. The molecule has 3 nitrogen and oxygen atoms in total. The van der Waals surface area contributed by atoms with Crippen LogP contribution in [0, 0.1) is 0 Å². The molecule has 1 heterocycles. The second-order valence-corrected chi connectivity index (χ2v) is 5.81. The second kappa shape index (κ2) is 7.64. The predicted octanol–water partition coefficient (Wildman–Crippen LogP) is 4.96. The van der Waals surface area contributed by atoms with Gasteiger partial charge < -0.3 is 10.1 Å². The number of benzene rings is 2. The summed E-state index contributed by atoms with van der Waals surface area (Å²) >= 11 is 0. The van der Waals surface area contributed by atoms with Crippen LogP contribution in [0.5, 0.6) is 5.75 Å². The van der Waals surface area contributed by atoms with Gasteiger partial charge in [-0.2, -0.15) is 0 Å². The Morgan fingerprint density at radius 2 is 1.88 bits per heavy atom. The number of carbonyl (C=O) groups excluding carboxylic acids is 1. The molecule has 0 bridgehead atoms. The molecule has 0 spiro atoms. The molecule has 1 amide bonds. The Bertz CT molecular complexity index is 773. The number of ether oxygens (including phenoxy) is 1. The average molecular weight is 319 g/mol. The van der Waals surface area contributed by atoms with Crippen LogP contribution in [0.15, 0.2) is 66.4 Å². The molecule has 1 N–H and O–H groups in total. The molecule has 1 aliphatic rings. The molecular weight excluding hydrogens is 298 g/mol. The lowest BCUT2D eigenvalue weighted by molar-refractivity contribution is -0.112. The summed E-state index contributed by atoms with van der Waals surface area (Å²) in [7, 11) is 0. The predicted molar refractivity (Wildman–Crippen MR) is 97.9 cm³/mol. The Kier molecular flexibility index (Phi) is 5.12. The minimum absolute atomic E-state index is 0.145. The Hall–Kier alpha value is -2.81. The molecule has 1 aliphatic heterocycles. The molecule has 2 aromatic carbocycles. The highest BCUT2D eigenvalue weighted by Crippen LogP contribution is 2.24. The van der Waals surface area contributed by atoms with Crippen LogP contribution in [0.1, 0.15) is 30.9 Å². The summed E-state index contributed by atoms with van der Waals surface area (Å²) < 4.78 is 5.52. The van der Waals surface area contributed by atoms with Gasteiger partial charge in [-0.3, -0.25) is 4.79 Å². The van der Waals surface area contributed by atoms with Crippen molar-refractivity contribution in [1.82, 2.24) is 0 Å². The highest BCUT2D eigenvalue weighted by molar-refractivity contribution is 6.09. The zero-order chi connectivity index (χ0) is 16.8. The highest BCUT2D eigenvalue weighted by atomic mass is 16.5. The van der Waals surface area contributed by atoms with Crippen molar-refractivity contribution in [3.63, 3.8) is 0 Å². The number of para-hydroxylation sites is 1. The number of unbranched alkanes of at least 4 members (excludes halogenated alkanes) is 1. The average Bonchev–Trinajstić information content (AvgIpc) is 2.83. The third kappa shape index (κ3) is 3.93. The molecule has 0 fully saturated rings. The smallest absolute Gasteiger partial charge is 0.255 e. The van der Waals surface area contributed by atoms with Crippen molar-refractivity contribution >= 4 is 17.7 Å². The minimum Gasteiger partial charge on any atom is -0.464 e. The molecular formula is C21H21NO2. The summed E-state index contributed by atoms with van der Waals surface area (Å²) in [6, 6.07) is 15.7. The molecule has 0 radical (unpaired) electrons. The Morgan fingerprint density at radius 3 is 2.67 bits per heavy atom. The molecule has 0 aliphatic carbocycles. The first-order valence-electron chi connectivity index (χ1n) is 8.30. The normalized spacial score (nSPS) is 12.6. The number of carbonyl (C=O) groups is 1. The van der Waals surface area contributed by atoms with Crippen LogP contribution in [-0.4, -0.2) is 5.91 Å². The second-order valence-electron chi connectivity index (χ2n) is 5.81. The summed E-state index contributed by atoms with van der Waals surface area (Å²) in [5.41, 5.74) is 3.55. The largest absolute Gasteiger partial charge is 0.464 e. The standard InChI is InChI=1S/C21H21NO2/c1-2-3-6-16-9-11-19(12-10-16)22-21(23)18-13-14-24-20-8-5-4-7-17(20)15-18/h4-5,7-15H,2-3,6H2,1H3,(H,22,23). The molecule has 0 unspecified atom stereocenters. The first-order valence-corrected chi connectivity index (χ1v) is 8.30. The maximum absolute atomic E-state index is 12.5. The monoisotopic (exact) mass is 319 g/mol. The lowest BCUT2D eigenvalue weighted by Gasteiger charge is -2.07. The quantitative estimate of drug-likeness (QED) is 0.846. The molecule has 0 aromatic heterocycles. The third-order valence-corrected chi connectivity index (χ3v) is 3.97. The number of anilines is 1. The molecule has 24 heavy (non-hydrogen) atoms. The first kappa shape index (κ1) is 16.1. The fraction of sp³-hybridized carbons (Fsp3) is 0.190. The maximum atomic E-state index is 12.5. The maximum Gasteiger partial charge on any atom is 0.255 e. The molecule has 0 atom stereocenters. The van der Waals surface area contributed by atoms with Crippen molar-refractivity contribution in [1.29, 1.82) is 0 Å². The molecule has 0 saturated carbocycles. The SMILES string of the molecule is CCCCc1ccc(NC(=O)C2=Cc3ccccc3OC=C2)cc1. The van der Waals surface area contributed by atoms with Crippen molar-refractivity contribution < 1.29 is 9.53 Å². The van der Waals surface area contributed by atoms with Crippen molar-refractivity contribution in [3.8, 4) is 5.75 Å². The van der Waals surface area contributed by atoms with Crippen LogP contribution < -0.4 is 10.1 Å². The Balaban J connectivity index is 1.72. The van der Waals surface area contributed by atoms with Crippen molar-refractivity contribution in [2.45, 2.75) is 26.2 Å². The Labute approximate surface area is 142 Å². The zero-order valence-electron chi connectivity index (χ0n) is 13.8. The summed E-state index contributed by atoms with van der Waals surface area (Å²) in [6.07, 6.45) is 8.51. The van der Waals surface area contributed by atoms with Gasteiger partial charge in [0.15, 0.2) is 0 Å². The van der Waals surface area contributed by atoms with Gasteiger partial charge >= 0.3 is 0 Å². The van der Waals surface area contributed by atoms with E-state index in [2.05, 4.69) is 24.4 Å². The fourth-order valence-electron chi connectivity index (χ4n) is 2.58. The van der Waals surface area contributed by atoms with E-state index < -0.39 is 0 Å². The minimum atomic E-state index is -0.145. The summed E-state index contributed by atoms with van der Waals surface area (Å²) in [5, 5.41) is 2.94. The number of hydrogen-bond donors (Lipinski definition) is 1. The van der Waals surface area contributed by atoms with Gasteiger partial charge in [0.1, 0.15) is 5.75 Å². The van der Waals surface area contributed by atoms with Gasteiger partial charge in [-0.05, 0) is 48.8 Å². The topological polar surface area (TPSA) is 38.3 Å². The van der Waals surface area contributed by atoms with Gasteiger partial charge in [-0.25, -0.2) is 0 Å². The summed E-state index contributed by atoms with van der Waals surface area (Å²) in [6.45, 7) is 2.18. The molecule has 2 aromatic rings. The molecule has 122 valence electrons. The van der Waals surface area contributed by atoms with E-state index in [1.807, 2.05) is 42.5 Å². The van der Waals surface area contributed by atoms with E-state index in [0.717, 1.165) is 23.4 Å². The van der Waals surface area contributed by atoms with Crippen molar-refractivity contribution in [2.24, 2.45) is 0 Å². The highest BCUT2D eigenvalue weighted by Gasteiger charge is 2.11. The van der Waals surface area contributed by atoms with Gasteiger partial charge in [-0.15, -0.1) is 0 Å². The Morgan fingerprint density at radius 1 is 1.08 bits per heavy atom. The number of hydrogen-bond acceptors (Lipinski definition) is 2. The van der Waals surface area contributed by atoms with Gasteiger partial charge in [0.05, 0.1) is 6.26 Å². The van der Waals surface area contributed by atoms with Crippen molar-refractivity contribution in [3.05, 3.63) is 77.6 Å². The van der Waals surface area contributed by atoms with E-state index >= 15 is 0 Å². The van der Waals surface area contributed by atoms with Crippen LogP contribution in [0.2, 0.25) is 0 Å². The van der Waals surface area contributed by atoms with Crippen LogP contribution in [0.25, 0.3) is 6.08 Å². The van der Waals surface area contributed by atoms with E-state index in [9.17, 15) is 4.79 Å². The van der Waals surface area contributed by atoms with Crippen LogP contribution >= 0.6 is 0 Å². The number of fused-ring (bicyclic) bond motifs is 1. The van der Waals surface area contributed by atoms with Crippen LogP contribution in [0.4, 0.5) is 5.69 Å². The molecule has 0 saturated heterocycles. The van der Waals surface area contributed by atoms with Crippen LogP contribution in [0.3, 0.4) is 0 Å². The van der Waals surface area contributed by atoms with E-state index in [-0.39, 0.29) is 5.91 Å². The third-order valence-electron chi connectivity index (χ3n) is 3.97. The zero-order valence-corrected chi connectivity index (χ0v) is 13.8. The molecule has 3 heteroatoms. The lowest BCUT2D eigenvalue weighted by Crippen LogP contribution is -2.13. The van der Waals surface area contributed by atoms with Gasteiger partial charge in [0.25, 0.3) is 5.91 Å².